The first-order valence-corrected chi connectivity index (χ1v) is 11.0. The van der Waals surface area contributed by atoms with Crippen molar-refractivity contribution in [1.82, 2.24) is 9.71 Å². The van der Waals surface area contributed by atoms with E-state index in [1.807, 2.05) is 4.72 Å². The summed E-state index contributed by atoms with van der Waals surface area (Å²) in [6, 6.07) is 12.4. The number of sulfonamides is 1. The summed E-state index contributed by atoms with van der Waals surface area (Å²) in [5, 5.41) is 11.2. The van der Waals surface area contributed by atoms with Crippen LogP contribution in [0.3, 0.4) is 0 Å². The molecule has 13 heteroatoms. The predicted molar refractivity (Wildman–Crippen MR) is 108 cm³/mol. The molecule has 0 radical (unpaired) electrons. The van der Waals surface area contributed by atoms with Crippen LogP contribution in [-0.4, -0.2) is 59.1 Å². The molecule has 0 saturated carbocycles. The summed E-state index contributed by atoms with van der Waals surface area (Å²) in [4.78, 5) is 23.8. The second kappa shape index (κ2) is 9.31. The molecule has 1 heterocycles. The number of hydrogen-bond donors (Lipinski definition) is 2. The van der Waals surface area contributed by atoms with Gasteiger partial charge in [0.2, 0.25) is 10.0 Å². The number of fused-ring (bicyclic) bond motifs is 1. The van der Waals surface area contributed by atoms with Gasteiger partial charge in [-0.3, -0.25) is 15.1 Å². The summed E-state index contributed by atoms with van der Waals surface area (Å²) < 4.78 is 44.2. The average Bonchev–Trinajstić information content (AvgIpc) is 2.66. The van der Waals surface area contributed by atoms with Crippen molar-refractivity contribution in [3.63, 3.8) is 0 Å². The van der Waals surface area contributed by atoms with E-state index in [1.165, 1.54) is 18.3 Å². The van der Waals surface area contributed by atoms with Gasteiger partial charge in [-0.05, 0) is 24.3 Å². The Hall–Kier alpha value is -1.85. The minimum atomic E-state index is -4.41. The van der Waals surface area contributed by atoms with Gasteiger partial charge in [-0.1, -0.05) is 18.2 Å². The van der Waals surface area contributed by atoms with Crippen molar-refractivity contribution in [2.45, 2.75) is 4.90 Å². The maximum absolute atomic E-state index is 12.6. The Morgan fingerprint density at radius 1 is 1.14 bits per heavy atom. The van der Waals surface area contributed by atoms with Crippen LogP contribution < -0.4 is 9.25 Å². The Balaban J connectivity index is 0.00000300. The Labute approximate surface area is 188 Å². The van der Waals surface area contributed by atoms with Gasteiger partial charge in [0, 0.05) is 23.7 Å². The first-order chi connectivity index (χ1) is 13.2. The third kappa shape index (κ3) is 5.83. The van der Waals surface area contributed by atoms with E-state index in [0.29, 0.717) is 5.39 Å². The maximum atomic E-state index is 12.6. The van der Waals surface area contributed by atoms with Gasteiger partial charge in [0.1, 0.15) is 16.9 Å². The van der Waals surface area contributed by atoms with Gasteiger partial charge in [0.25, 0.3) is 5.69 Å². The van der Waals surface area contributed by atoms with Gasteiger partial charge in [-0.25, -0.2) is 13.0 Å². The minimum absolute atomic E-state index is 0. The van der Waals surface area contributed by atoms with Gasteiger partial charge in [0.05, 0.1) is 10.4 Å². The monoisotopic (exact) mass is 447 g/mol. The number of pyridine rings is 1. The Bertz CT molecular complexity index is 1180. The molecular formula is C16H15N3NaO7PS. The third-order valence-corrected chi connectivity index (χ3v) is 6.34. The van der Waals surface area contributed by atoms with Crippen LogP contribution in [0.4, 0.5) is 5.69 Å². The van der Waals surface area contributed by atoms with Gasteiger partial charge in [-0.15, -0.1) is 0 Å². The second-order valence-electron chi connectivity index (χ2n) is 5.62. The molecule has 10 nitrogen and oxygen atoms in total. The van der Waals surface area contributed by atoms with E-state index in [0.717, 1.165) is 24.3 Å². The van der Waals surface area contributed by atoms with E-state index in [4.69, 9.17) is 4.52 Å². The molecule has 0 aliphatic rings. The van der Waals surface area contributed by atoms with Crippen molar-refractivity contribution in [1.29, 1.82) is 0 Å². The standard InChI is InChI=1S/C16H14N3O7PS.Na.H/c20-19(21)13-6-8-14(9-7-13)26-27(22,23)11-18-28(24,25)15-5-1-3-12-4-2-10-17-16(12)15;;/h1-10,18H,11H2,(H,22,23);;. The fraction of sp³-hybridized carbons (Fsp3) is 0.0625. The van der Waals surface area contributed by atoms with Crippen LogP contribution in [0, 0.1) is 10.1 Å². The molecule has 0 aliphatic carbocycles. The molecule has 0 fully saturated rings. The Morgan fingerprint density at radius 2 is 1.79 bits per heavy atom. The summed E-state index contributed by atoms with van der Waals surface area (Å²) in [6.45, 7) is 0. The van der Waals surface area contributed by atoms with Crippen molar-refractivity contribution in [3.8, 4) is 5.75 Å². The molecule has 1 atom stereocenters. The molecule has 0 amide bonds. The van der Waals surface area contributed by atoms with Crippen molar-refractivity contribution < 1.29 is 27.3 Å². The molecule has 0 aliphatic heterocycles. The number of nitrogens with zero attached hydrogens (tertiary/aromatic N) is 2. The zero-order valence-electron chi connectivity index (χ0n) is 14.1. The number of aromatic nitrogens is 1. The molecular weight excluding hydrogens is 432 g/mol. The predicted octanol–water partition coefficient (Wildman–Crippen LogP) is 1.99. The summed E-state index contributed by atoms with van der Waals surface area (Å²) in [5.41, 5.74) is 0.00541. The van der Waals surface area contributed by atoms with Crippen LogP contribution in [0.15, 0.2) is 65.7 Å². The van der Waals surface area contributed by atoms with E-state index >= 15 is 0 Å². The molecule has 0 saturated heterocycles. The fourth-order valence-electron chi connectivity index (χ4n) is 2.36. The van der Waals surface area contributed by atoms with Crippen LogP contribution in [0.5, 0.6) is 5.75 Å². The number of benzene rings is 2. The van der Waals surface area contributed by atoms with Crippen molar-refractivity contribution in [2.24, 2.45) is 0 Å². The molecule has 3 aromatic rings. The quantitative estimate of drug-likeness (QED) is 0.242. The average molecular weight is 447 g/mol. The van der Waals surface area contributed by atoms with Gasteiger partial charge in [0.15, 0.2) is 0 Å². The van der Waals surface area contributed by atoms with Crippen LogP contribution >= 0.6 is 7.60 Å². The van der Waals surface area contributed by atoms with Crippen LogP contribution in [0.2, 0.25) is 0 Å². The molecule has 1 aromatic heterocycles. The third-order valence-electron chi connectivity index (χ3n) is 3.64. The molecule has 0 spiro atoms. The number of nitro benzene ring substituents is 1. The Morgan fingerprint density at radius 3 is 2.45 bits per heavy atom. The number of hydrogen-bond acceptors (Lipinski definition) is 7. The van der Waals surface area contributed by atoms with E-state index in [-0.39, 0.29) is 51.4 Å². The number of non-ortho nitro benzene ring substituents is 1. The van der Waals surface area contributed by atoms with E-state index in [2.05, 4.69) is 4.98 Å². The normalized spacial score (nSPS) is 13.3. The summed E-state index contributed by atoms with van der Waals surface area (Å²) in [6.07, 6.45) is 0.547. The number of nitrogens with one attached hydrogen (secondary N) is 1. The molecule has 3 rings (SSSR count). The van der Waals surface area contributed by atoms with E-state index in [1.54, 1.807) is 18.2 Å². The number of para-hydroxylation sites is 1. The summed E-state index contributed by atoms with van der Waals surface area (Å²) >= 11 is 0. The van der Waals surface area contributed by atoms with Crippen molar-refractivity contribution >= 4 is 63.8 Å². The van der Waals surface area contributed by atoms with Gasteiger partial charge < -0.3 is 9.42 Å². The SMILES string of the molecule is O=[N+]([O-])c1ccc(OP(=O)(O)CNS(=O)(=O)c2cccc3cccnc23)cc1.[NaH]. The Kier molecular flexibility index (Phi) is 7.52. The molecule has 0 bridgehead atoms. The molecule has 2 aromatic carbocycles. The first-order valence-electron chi connectivity index (χ1n) is 7.77. The van der Waals surface area contributed by atoms with Crippen LogP contribution in [-0.2, 0) is 14.6 Å². The zero-order chi connectivity index (χ0) is 20.4. The molecule has 1 unspecified atom stereocenters. The van der Waals surface area contributed by atoms with Gasteiger partial charge >= 0.3 is 37.2 Å². The van der Waals surface area contributed by atoms with Gasteiger partial charge in [-0.2, -0.15) is 4.72 Å². The fourth-order valence-corrected chi connectivity index (χ4v) is 5.05. The zero-order valence-corrected chi connectivity index (χ0v) is 15.8. The van der Waals surface area contributed by atoms with Crippen LogP contribution in [0.25, 0.3) is 10.9 Å². The summed E-state index contributed by atoms with van der Waals surface area (Å²) in [5.74, 6) is -0.109. The van der Waals surface area contributed by atoms with Crippen molar-refractivity contribution in [2.75, 3.05) is 6.29 Å². The topological polar surface area (TPSA) is 149 Å². The van der Waals surface area contributed by atoms with Crippen LogP contribution in [0.1, 0.15) is 0 Å². The second-order valence-corrected chi connectivity index (χ2v) is 9.13. The summed E-state index contributed by atoms with van der Waals surface area (Å²) in [7, 11) is -8.56. The first kappa shape index (κ1) is 23.4. The molecule has 29 heavy (non-hydrogen) atoms. The molecule has 2 N–H and O–H groups in total. The number of nitro groups is 1. The van der Waals surface area contributed by atoms with Crippen molar-refractivity contribution in [3.05, 3.63) is 70.9 Å². The van der Waals surface area contributed by atoms with E-state index in [9.17, 15) is 28.0 Å². The number of rotatable bonds is 7. The van der Waals surface area contributed by atoms with E-state index < -0.39 is 28.8 Å². The molecule has 148 valence electrons.